The summed E-state index contributed by atoms with van der Waals surface area (Å²) >= 11 is 0. The molecule has 4 amide bonds. The van der Waals surface area contributed by atoms with Crippen molar-refractivity contribution in [1.29, 1.82) is 0 Å². The third kappa shape index (κ3) is 15.5. The van der Waals surface area contributed by atoms with Crippen LogP contribution in [0.3, 0.4) is 0 Å². The Kier molecular flexibility index (Phi) is 21.4. The number of nitrogens with zero attached hydrogens (tertiary/aromatic N) is 3. The van der Waals surface area contributed by atoms with E-state index in [1.54, 1.807) is 41.3 Å². The lowest BCUT2D eigenvalue weighted by atomic mass is 9.67. The predicted octanol–water partition coefficient (Wildman–Crippen LogP) is 7.33. The standard InChI is InChI=1S/C77H86N8O12/c86-67-45-50(27-30-79-76(90)56-22-25-59(62(48-56)77(91)92)70-63-46-54-12-5-33-83-35-7-14-60(71(54)83)73(63)97-74-61-15-8-36-84-34-6-13-55(72(61)84)47-64(70)74)17-26-65(67)82-81-58-23-20-53(21-24-58)75(89)80-32-38-94-40-42-96-44-43-95-41-39-93-37-29-68(87)78-31-28-69(88)85-49-57-11-2-1-9-51(57)18-19-52-10-3-4-16-66(52)85/h1-4,9-11,16-17,20-21,23-24,26,45-47,56,59,62,82H,5-8,12-15,22,25,27-44,48-49H2,(H5-,78,79,80,81,86,87,89,90,91,92)/p+1. The number of aromatic hydroxyl groups is 1. The molecule has 20 nitrogen and oxygen atoms in total. The molecule has 7 aliphatic rings. The number of aliphatic carboxylic acids is 1. The number of amides is 4. The van der Waals surface area contributed by atoms with E-state index in [0.717, 1.165) is 133 Å². The van der Waals surface area contributed by atoms with Crippen molar-refractivity contribution in [3.63, 3.8) is 0 Å². The Morgan fingerprint density at radius 2 is 1.35 bits per heavy atom. The molecular weight excluding hydrogens is 1230 g/mol. The number of hydrogen-bond donors (Lipinski definition) is 7. The van der Waals surface area contributed by atoms with Crippen molar-refractivity contribution in [2.45, 2.75) is 96.4 Å². The van der Waals surface area contributed by atoms with Crippen molar-refractivity contribution >= 4 is 57.9 Å². The van der Waals surface area contributed by atoms with E-state index < -0.39 is 17.8 Å². The van der Waals surface area contributed by atoms with Crippen LogP contribution < -0.4 is 56.5 Å². The van der Waals surface area contributed by atoms with E-state index in [4.69, 9.17) is 23.7 Å². The van der Waals surface area contributed by atoms with E-state index in [2.05, 4.69) is 60.3 Å². The Bertz CT molecular complexity index is 4140. The minimum absolute atomic E-state index is 0.0184. The zero-order chi connectivity index (χ0) is 66.6. The highest BCUT2D eigenvalue weighted by atomic mass is 16.6. The first-order valence-electron chi connectivity index (χ1n) is 34.8. The van der Waals surface area contributed by atoms with Crippen LogP contribution in [-0.4, -0.2) is 138 Å². The fourth-order valence-corrected chi connectivity index (χ4v) is 15.1. The maximum atomic E-state index is 14.0. The second-order valence-electron chi connectivity index (χ2n) is 26.1. The predicted molar refractivity (Wildman–Crippen MR) is 370 cm³/mol. The van der Waals surface area contributed by atoms with Crippen LogP contribution in [0.15, 0.2) is 103 Å². The van der Waals surface area contributed by atoms with Gasteiger partial charge in [0.25, 0.3) is 5.91 Å². The third-order valence-corrected chi connectivity index (χ3v) is 19.9. The molecule has 6 aromatic carbocycles. The van der Waals surface area contributed by atoms with Gasteiger partial charge in [0, 0.05) is 109 Å². The van der Waals surface area contributed by atoms with E-state index in [1.165, 1.54) is 33.3 Å². The number of ether oxygens (including phenoxy) is 5. The number of hydrazine groups is 1. The normalized spacial score (nSPS) is 17.8. The van der Waals surface area contributed by atoms with Gasteiger partial charge in [-0.3, -0.25) is 29.4 Å². The van der Waals surface area contributed by atoms with Gasteiger partial charge in [-0.2, -0.15) is 0 Å². The molecule has 3 atom stereocenters. The summed E-state index contributed by atoms with van der Waals surface area (Å²) in [5.74, 6) is 5.28. The summed E-state index contributed by atoms with van der Waals surface area (Å²) in [5.41, 5.74) is 20.7. The zero-order valence-corrected chi connectivity index (χ0v) is 55.1. The van der Waals surface area contributed by atoms with E-state index in [9.17, 15) is 34.2 Å². The molecule has 3 unspecified atom stereocenters. The van der Waals surface area contributed by atoms with E-state index in [0.29, 0.717) is 102 Å². The van der Waals surface area contributed by atoms with Gasteiger partial charge < -0.3 is 65.1 Å². The van der Waals surface area contributed by atoms with Crippen LogP contribution >= 0.6 is 0 Å². The summed E-state index contributed by atoms with van der Waals surface area (Å²) in [6.45, 7) is 8.10. The van der Waals surface area contributed by atoms with Gasteiger partial charge in [-0.25, -0.2) is 4.58 Å². The molecule has 6 aliphatic heterocycles. The summed E-state index contributed by atoms with van der Waals surface area (Å²) in [7, 11) is 0. The molecule has 97 heavy (non-hydrogen) atoms. The van der Waals surface area contributed by atoms with Crippen LogP contribution in [-0.2, 0) is 76.8 Å². The molecule has 1 fully saturated rings. The zero-order valence-electron chi connectivity index (χ0n) is 55.1. The molecule has 6 aromatic rings. The molecule has 1 saturated carbocycles. The number of phenolic OH excluding ortho intramolecular Hbond substituents is 1. The molecule has 0 spiro atoms. The molecule has 13 rings (SSSR count). The summed E-state index contributed by atoms with van der Waals surface area (Å²) in [6.07, 6.45) is 10.4. The molecular formula is C77H87N8O12+. The van der Waals surface area contributed by atoms with Crippen LogP contribution in [0.2, 0.25) is 0 Å². The van der Waals surface area contributed by atoms with Gasteiger partial charge in [0.05, 0.1) is 87.9 Å². The average Bonchev–Trinajstić information content (AvgIpc) is 0.711. The van der Waals surface area contributed by atoms with Gasteiger partial charge >= 0.3 is 5.97 Å². The molecule has 0 radical (unpaired) electrons. The van der Waals surface area contributed by atoms with Crippen LogP contribution in [0, 0.1) is 29.6 Å². The molecule has 0 saturated heterocycles. The Balaban J connectivity index is 0.484. The molecule has 0 aromatic heterocycles. The number of rotatable bonds is 28. The fourth-order valence-electron chi connectivity index (χ4n) is 15.1. The minimum atomic E-state index is -0.864. The van der Waals surface area contributed by atoms with Crippen molar-refractivity contribution in [3.8, 4) is 29.1 Å². The minimum Gasteiger partial charge on any atom is -0.506 e. The Morgan fingerprint density at radius 1 is 0.639 bits per heavy atom. The lowest BCUT2D eigenvalue weighted by Gasteiger charge is -2.41. The molecule has 6 heterocycles. The van der Waals surface area contributed by atoms with E-state index in [-0.39, 0.29) is 67.7 Å². The first kappa shape index (κ1) is 66.4. The molecule has 20 heteroatoms. The SMILES string of the molecule is O=C(CCOCCOCCOCCOCCNC(=O)c1ccc(NNc2ccc(CCNC(=O)C3CCC(C4=c5cc6c7c(c5Oc5c4cc4c8c5CCCN8CCC4)CCC[N+]=7CCC6)C(C(=O)O)C3)cc2O)cc1)NCCC(=O)N1Cc2ccccc2C#Cc2ccccc21. The van der Waals surface area contributed by atoms with Crippen LogP contribution in [0.1, 0.15) is 118 Å². The summed E-state index contributed by atoms with van der Waals surface area (Å²) in [6, 6.07) is 32.3. The number of benzene rings is 6. The van der Waals surface area contributed by atoms with Gasteiger partial charge in [0.15, 0.2) is 0 Å². The number of carboxylic acid groups (broad SMARTS) is 1. The number of hydrogen-bond acceptors (Lipinski definition) is 14. The lowest BCUT2D eigenvalue weighted by Crippen LogP contribution is -2.46. The van der Waals surface area contributed by atoms with Crippen molar-refractivity contribution in [3.05, 3.63) is 169 Å². The Labute approximate surface area is 565 Å². The highest BCUT2D eigenvalue weighted by molar-refractivity contribution is 5.96. The highest BCUT2D eigenvalue weighted by Crippen LogP contribution is 2.52. The number of anilines is 4. The Morgan fingerprint density at radius 3 is 2.14 bits per heavy atom. The van der Waals surface area contributed by atoms with Crippen molar-refractivity contribution in [2.75, 3.05) is 119 Å². The maximum absolute atomic E-state index is 14.0. The molecule has 7 N–H and O–H groups in total. The number of phenols is 1. The molecule has 1 aliphatic carbocycles. The fraction of sp³-hybridized carbons (Fsp3) is 0.429. The second-order valence-corrected chi connectivity index (χ2v) is 26.1. The van der Waals surface area contributed by atoms with Crippen LogP contribution in [0.5, 0.6) is 17.2 Å². The maximum Gasteiger partial charge on any atom is 0.307 e. The smallest absolute Gasteiger partial charge is 0.307 e. The number of fused-ring (bicyclic) bond motifs is 6. The third-order valence-electron chi connectivity index (χ3n) is 19.9. The number of carboxylic acids is 1. The van der Waals surface area contributed by atoms with E-state index in [1.807, 2.05) is 54.6 Å². The van der Waals surface area contributed by atoms with Gasteiger partial charge in [0.1, 0.15) is 30.3 Å². The van der Waals surface area contributed by atoms with Crippen molar-refractivity contribution < 1.29 is 57.9 Å². The van der Waals surface area contributed by atoms with Crippen molar-refractivity contribution in [1.82, 2.24) is 20.5 Å². The van der Waals surface area contributed by atoms with Gasteiger partial charge in [-0.1, -0.05) is 48.2 Å². The van der Waals surface area contributed by atoms with Crippen molar-refractivity contribution in [2.24, 2.45) is 17.8 Å². The first-order valence-corrected chi connectivity index (χ1v) is 34.8. The van der Waals surface area contributed by atoms with Crippen LogP contribution in [0.25, 0.3) is 5.57 Å². The average molecular weight is 1320 g/mol. The van der Waals surface area contributed by atoms with Gasteiger partial charge in [0.2, 0.25) is 23.1 Å². The largest absolute Gasteiger partial charge is 0.506 e. The highest BCUT2D eigenvalue weighted by Gasteiger charge is 2.44. The topological polar surface area (TPSA) is 242 Å². The molecule has 0 bridgehead atoms. The van der Waals surface area contributed by atoms with Gasteiger partial charge in [-0.15, -0.1) is 0 Å². The monoisotopic (exact) mass is 1320 g/mol. The molecule has 506 valence electrons. The Hall–Kier alpha value is -9.26. The van der Waals surface area contributed by atoms with Crippen LogP contribution in [0.4, 0.5) is 22.7 Å². The number of nitrogens with one attached hydrogen (secondary N) is 5. The summed E-state index contributed by atoms with van der Waals surface area (Å²) in [5, 5.41) is 33.3. The summed E-state index contributed by atoms with van der Waals surface area (Å²) in [4.78, 5) is 70.5. The van der Waals surface area contributed by atoms with Gasteiger partial charge in [-0.05, 0) is 159 Å². The van der Waals surface area contributed by atoms with E-state index >= 15 is 0 Å². The summed E-state index contributed by atoms with van der Waals surface area (Å²) < 4.78 is 32.1. The number of carbonyl (C=O) groups is 5. The number of aryl methyl sites for hydroxylation is 2. The first-order chi connectivity index (χ1) is 47.5. The second kappa shape index (κ2) is 31.3. The number of para-hydroxylation sites is 1. The lowest BCUT2D eigenvalue weighted by molar-refractivity contribution is -0.145. The quantitative estimate of drug-likeness (QED) is 0.00836. The number of carbonyl (C=O) groups excluding carboxylic acids is 4.